The predicted octanol–water partition coefficient (Wildman–Crippen LogP) is 7.50. The van der Waals surface area contributed by atoms with Crippen LogP contribution in [0.3, 0.4) is 0 Å². The van der Waals surface area contributed by atoms with E-state index in [1.54, 1.807) is 33.8 Å². The molecule has 7 nitrogen and oxygen atoms in total. The van der Waals surface area contributed by atoms with Crippen molar-refractivity contribution in [2.75, 3.05) is 10.8 Å². The molecule has 0 aliphatic carbocycles. The summed E-state index contributed by atoms with van der Waals surface area (Å²) in [6.45, 7) is 7.30. The number of halogens is 6. The summed E-state index contributed by atoms with van der Waals surface area (Å²) in [6, 6.07) is 11.6. The molecule has 0 fully saturated rings. The van der Waals surface area contributed by atoms with Crippen molar-refractivity contribution < 1.29 is 31.2 Å². The number of carbonyl (C=O) groups excluding carboxylic acids is 2. The van der Waals surface area contributed by atoms with Crippen LogP contribution in [0.2, 0.25) is 15.1 Å². The molecule has 3 aromatic carbocycles. The molecule has 44 heavy (non-hydrogen) atoms. The first-order valence-corrected chi connectivity index (χ1v) is 15.8. The lowest BCUT2D eigenvalue weighted by Crippen LogP contribution is -2.54. The molecule has 1 N–H and O–H groups in total. The van der Waals surface area contributed by atoms with Crippen LogP contribution in [-0.2, 0) is 32.3 Å². The molecule has 0 aliphatic heterocycles. The van der Waals surface area contributed by atoms with Crippen LogP contribution in [0.4, 0.5) is 18.9 Å². The Morgan fingerprint density at radius 2 is 1.48 bits per heavy atom. The first-order valence-electron chi connectivity index (χ1n) is 13.2. The van der Waals surface area contributed by atoms with E-state index >= 15 is 0 Å². The monoisotopic (exact) mass is 691 g/mol. The summed E-state index contributed by atoms with van der Waals surface area (Å²) in [5.41, 5.74) is -1.18. The van der Waals surface area contributed by atoms with Gasteiger partial charge < -0.3 is 10.2 Å². The molecule has 1 atom stereocenters. The van der Waals surface area contributed by atoms with Crippen LogP contribution in [0.5, 0.6) is 0 Å². The van der Waals surface area contributed by atoms with Crippen molar-refractivity contribution in [1.29, 1.82) is 0 Å². The van der Waals surface area contributed by atoms with Crippen molar-refractivity contribution in [3.8, 4) is 0 Å². The fourth-order valence-electron chi connectivity index (χ4n) is 4.14. The second-order valence-electron chi connectivity index (χ2n) is 11.2. The van der Waals surface area contributed by atoms with Crippen molar-refractivity contribution in [2.45, 2.75) is 63.8 Å². The summed E-state index contributed by atoms with van der Waals surface area (Å²) < 4.78 is 69.8. The van der Waals surface area contributed by atoms with Gasteiger partial charge in [0.2, 0.25) is 11.8 Å². The van der Waals surface area contributed by atoms with Crippen LogP contribution >= 0.6 is 34.8 Å². The number of benzene rings is 3. The molecule has 0 radical (unpaired) electrons. The number of alkyl halides is 3. The van der Waals surface area contributed by atoms with Gasteiger partial charge in [-0.1, -0.05) is 58.6 Å². The smallest absolute Gasteiger partial charge is 0.350 e. The highest BCUT2D eigenvalue weighted by Crippen LogP contribution is 2.38. The number of nitrogens with zero attached hydrogens (tertiary/aromatic N) is 2. The van der Waals surface area contributed by atoms with E-state index < -0.39 is 62.4 Å². The van der Waals surface area contributed by atoms with Gasteiger partial charge in [0.25, 0.3) is 10.0 Å². The molecule has 1 unspecified atom stereocenters. The molecule has 0 saturated heterocycles. The molecular formula is C30H31Cl3F3N3O4S. The summed E-state index contributed by atoms with van der Waals surface area (Å²) >= 11 is 18.0. The molecule has 0 aliphatic rings. The zero-order valence-electron chi connectivity index (χ0n) is 24.5. The summed E-state index contributed by atoms with van der Waals surface area (Å²) in [4.78, 5) is 28.1. The number of hydrogen-bond donors (Lipinski definition) is 1. The van der Waals surface area contributed by atoms with Gasteiger partial charge in [0.15, 0.2) is 0 Å². The summed E-state index contributed by atoms with van der Waals surface area (Å²) in [5, 5.41) is 2.58. The molecular weight excluding hydrogens is 662 g/mol. The average molecular weight is 693 g/mol. The van der Waals surface area contributed by atoms with Gasteiger partial charge in [-0.2, -0.15) is 13.2 Å². The summed E-state index contributed by atoms with van der Waals surface area (Å²) in [5.74, 6) is -1.41. The second kappa shape index (κ2) is 13.6. The van der Waals surface area contributed by atoms with Gasteiger partial charge >= 0.3 is 6.18 Å². The van der Waals surface area contributed by atoms with E-state index in [2.05, 4.69) is 5.32 Å². The largest absolute Gasteiger partial charge is 0.417 e. The van der Waals surface area contributed by atoms with Gasteiger partial charge in [-0.3, -0.25) is 13.9 Å². The van der Waals surface area contributed by atoms with E-state index in [0.29, 0.717) is 15.9 Å². The third-order valence-electron chi connectivity index (χ3n) is 6.43. The lowest BCUT2D eigenvalue weighted by molar-refractivity contribution is -0.140. The maximum absolute atomic E-state index is 14.0. The van der Waals surface area contributed by atoms with Crippen molar-refractivity contribution in [3.63, 3.8) is 0 Å². The third-order valence-corrected chi connectivity index (χ3v) is 9.29. The molecule has 0 saturated carbocycles. The van der Waals surface area contributed by atoms with Crippen LogP contribution < -0.4 is 9.62 Å². The van der Waals surface area contributed by atoms with E-state index in [9.17, 15) is 31.2 Å². The number of aryl methyl sites for hydroxylation is 1. The molecule has 2 amide bonds. The highest BCUT2D eigenvalue weighted by atomic mass is 35.5. The van der Waals surface area contributed by atoms with Gasteiger partial charge in [-0.15, -0.1) is 0 Å². The minimum Gasteiger partial charge on any atom is -0.350 e. The Balaban J connectivity index is 2.14. The van der Waals surface area contributed by atoms with Gasteiger partial charge in [0, 0.05) is 12.1 Å². The standard InChI is InChI=1S/C30H31Cl3F3N3O4S/c1-18-6-10-22(11-7-18)44(42,43)39(21-9-13-24(31)23(15-21)30(34,35)36)17-27(40)38(19(2)28(41)37-29(3,4)5)16-20-8-12-25(32)26(33)14-20/h6-15,19H,16-17H2,1-5H3,(H,37,41). The SMILES string of the molecule is Cc1ccc(S(=O)(=O)N(CC(=O)N(Cc2ccc(Cl)c(Cl)c2)C(C)C(=O)NC(C)(C)C)c2ccc(Cl)c(C(F)(F)F)c2)cc1. The van der Waals surface area contributed by atoms with Gasteiger partial charge in [0.05, 0.1) is 31.2 Å². The fraction of sp³-hybridized carbons (Fsp3) is 0.333. The first kappa shape index (κ1) is 35.5. The summed E-state index contributed by atoms with van der Waals surface area (Å²) in [7, 11) is -4.60. The van der Waals surface area contributed by atoms with Crippen LogP contribution in [0.25, 0.3) is 0 Å². The van der Waals surface area contributed by atoms with E-state index in [4.69, 9.17) is 34.8 Å². The molecule has 14 heteroatoms. The van der Waals surface area contributed by atoms with Crippen molar-refractivity contribution in [2.24, 2.45) is 0 Å². The number of nitrogens with one attached hydrogen (secondary N) is 1. The number of sulfonamides is 1. The Kier molecular flexibility index (Phi) is 10.9. The Morgan fingerprint density at radius 3 is 2.02 bits per heavy atom. The fourth-order valence-corrected chi connectivity index (χ4v) is 6.09. The number of amides is 2. The zero-order chi connectivity index (χ0) is 33.2. The molecule has 238 valence electrons. The quantitative estimate of drug-likeness (QED) is 0.252. The Labute approximate surface area is 269 Å². The minimum atomic E-state index is -4.91. The van der Waals surface area contributed by atoms with Gasteiger partial charge in [-0.05, 0) is 82.6 Å². The Bertz CT molecular complexity index is 1640. The minimum absolute atomic E-state index is 0.188. The molecule has 0 bridgehead atoms. The maximum atomic E-state index is 14.0. The maximum Gasteiger partial charge on any atom is 0.417 e. The predicted molar refractivity (Wildman–Crippen MR) is 167 cm³/mol. The average Bonchev–Trinajstić information content (AvgIpc) is 2.90. The topological polar surface area (TPSA) is 86.8 Å². The highest BCUT2D eigenvalue weighted by molar-refractivity contribution is 7.92. The van der Waals surface area contributed by atoms with Gasteiger partial charge in [0.1, 0.15) is 12.6 Å². The van der Waals surface area contributed by atoms with Crippen molar-refractivity contribution in [3.05, 3.63) is 92.4 Å². The lowest BCUT2D eigenvalue weighted by Gasteiger charge is -2.33. The van der Waals surface area contributed by atoms with E-state index in [-0.39, 0.29) is 21.5 Å². The number of rotatable bonds is 9. The molecule has 0 heterocycles. The Morgan fingerprint density at radius 1 is 0.886 bits per heavy atom. The molecule has 0 spiro atoms. The molecule has 3 aromatic rings. The summed E-state index contributed by atoms with van der Waals surface area (Å²) in [6.07, 6.45) is -4.91. The van der Waals surface area contributed by atoms with Crippen molar-refractivity contribution in [1.82, 2.24) is 10.2 Å². The molecule has 0 aromatic heterocycles. The Hall–Kier alpha value is -2.99. The lowest BCUT2D eigenvalue weighted by atomic mass is 10.1. The van der Waals surface area contributed by atoms with Crippen LogP contribution in [0.15, 0.2) is 65.6 Å². The van der Waals surface area contributed by atoms with Crippen molar-refractivity contribution >= 4 is 62.3 Å². The molecule has 3 rings (SSSR count). The van der Waals surface area contributed by atoms with E-state index in [1.165, 1.54) is 43.3 Å². The van der Waals surface area contributed by atoms with Crippen LogP contribution in [-0.4, -0.2) is 43.3 Å². The zero-order valence-corrected chi connectivity index (χ0v) is 27.6. The number of carbonyl (C=O) groups is 2. The highest BCUT2D eigenvalue weighted by Gasteiger charge is 2.37. The van der Waals surface area contributed by atoms with Crippen LogP contribution in [0, 0.1) is 6.92 Å². The van der Waals surface area contributed by atoms with Crippen LogP contribution in [0.1, 0.15) is 44.4 Å². The first-order chi connectivity index (χ1) is 20.2. The van der Waals surface area contributed by atoms with Gasteiger partial charge in [-0.25, -0.2) is 8.42 Å². The second-order valence-corrected chi connectivity index (χ2v) is 14.3. The number of hydrogen-bond acceptors (Lipinski definition) is 4. The van der Waals surface area contributed by atoms with E-state index in [0.717, 1.165) is 22.6 Å². The van der Waals surface area contributed by atoms with E-state index in [1.807, 2.05) is 0 Å². The normalized spacial score (nSPS) is 12.9. The third kappa shape index (κ3) is 8.80. The number of anilines is 1.